The molecule has 1 fully saturated rings. The number of alkyl halides is 3. The fourth-order valence-corrected chi connectivity index (χ4v) is 2.20. The Bertz CT molecular complexity index is 388. The Labute approximate surface area is 104 Å². The van der Waals surface area contributed by atoms with Gasteiger partial charge in [0, 0.05) is 6.54 Å². The SMILES string of the molecule is NCC1CCCC(c2ccc(C(F)(F)F)cc2)O1. The van der Waals surface area contributed by atoms with Gasteiger partial charge in [0.15, 0.2) is 0 Å². The maximum atomic E-state index is 12.4. The molecule has 0 aromatic heterocycles. The van der Waals surface area contributed by atoms with Crippen molar-refractivity contribution in [2.24, 2.45) is 5.73 Å². The number of ether oxygens (including phenoxy) is 1. The van der Waals surface area contributed by atoms with Crippen LogP contribution >= 0.6 is 0 Å². The lowest BCUT2D eigenvalue weighted by Gasteiger charge is -2.29. The lowest BCUT2D eigenvalue weighted by Crippen LogP contribution is -2.29. The molecule has 2 nitrogen and oxygen atoms in total. The van der Waals surface area contributed by atoms with Gasteiger partial charge in [0.1, 0.15) is 0 Å². The second kappa shape index (κ2) is 5.28. The molecule has 2 unspecified atom stereocenters. The summed E-state index contributed by atoms with van der Waals surface area (Å²) in [5, 5.41) is 0. The van der Waals surface area contributed by atoms with E-state index >= 15 is 0 Å². The predicted molar refractivity (Wildman–Crippen MR) is 62.0 cm³/mol. The smallest absolute Gasteiger partial charge is 0.369 e. The summed E-state index contributed by atoms with van der Waals surface area (Å²) in [6.45, 7) is 0.455. The summed E-state index contributed by atoms with van der Waals surface area (Å²) < 4.78 is 43.0. The summed E-state index contributed by atoms with van der Waals surface area (Å²) in [6, 6.07) is 5.19. The normalized spacial score (nSPS) is 25.1. The van der Waals surface area contributed by atoms with Crippen molar-refractivity contribution in [3.63, 3.8) is 0 Å². The van der Waals surface area contributed by atoms with Crippen LogP contribution < -0.4 is 5.73 Å². The van der Waals surface area contributed by atoms with Gasteiger partial charge in [-0.1, -0.05) is 12.1 Å². The standard InChI is InChI=1S/C13H16F3NO/c14-13(15,16)10-6-4-9(5-7-10)12-3-1-2-11(8-17)18-12/h4-7,11-12H,1-3,8,17H2. The van der Waals surface area contributed by atoms with Crippen LogP contribution in [0.3, 0.4) is 0 Å². The maximum Gasteiger partial charge on any atom is 0.416 e. The van der Waals surface area contributed by atoms with Gasteiger partial charge in [-0.25, -0.2) is 0 Å². The molecule has 1 aliphatic rings. The molecular formula is C13H16F3NO. The van der Waals surface area contributed by atoms with E-state index in [9.17, 15) is 13.2 Å². The first kappa shape index (κ1) is 13.4. The second-order valence-corrected chi connectivity index (χ2v) is 4.53. The van der Waals surface area contributed by atoms with E-state index in [0.717, 1.165) is 37.0 Å². The molecule has 0 spiro atoms. The molecule has 0 amide bonds. The molecule has 0 aliphatic carbocycles. The van der Waals surface area contributed by atoms with Crippen LogP contribution in [0.15, 0.2) is 24.3 Å². The van der Waals surface area contributed by atoms with E-state index in [4.69, 9.17) is 10.5 Å². The molecule has 2 rings (SSSR count). The van der Waals surface area contributed by atoms with Gasteiger partial charge in [-0.15, -0.1) is 0 Å². The monoisotopic (exact) mass is 259 g/mol. The summed E-state index contributed by atoms with van der Waals surface area (Å²) in [7, 11) is 0. The number of hydrogen-bond acceptors (Lipinski definition) is 2. The van der Waals surface area contributed by atoms with Gasteiger partial charge in [-0.2, -0.15) is 13.2 Å². The van der Waals surface area contributed by atoms with E-state index < -0.39 is 11.7 Å². The van der Waals surface area contributed by atoms with Crippen LogP contribution in [0, 0.1) is 0 Å². The molecule has 0 bridgehead atoms. The molecule has 1 aromatic carbocycles. The summed E-state index contributed by atoms with van der Waals surface area (Å²) in [5.74, 6) is 0. The predicted octanol–water partition coefficient (Wildman–Crippen LogP) is 3.27. The van der Waals surface area contributed by atoms with Crippen molar-refractivity contribution in [3.05, 3.63) is 35.4 Å². The highest BCUT2D eigenvalue weighted by Gasteiger charge is 2.30. The van der Waals surface area contributed by atoms with Crippen LogP contribution in [-0.4, -0.2) is 12.6 Å². The molecule has 1 saturated heterocycles. The Morgan fingerprint density at radius 2 is 1.83 bits per heavy atom. The molecule has 2 atom stereocenters. The minimum absolute atomic E-state index is 0.0195. The zero-order chi connectivity index (χ0) is 13.2. The van der Waals surface area contributed by atoms with Gasteiger partial charge in [0.25, 0.3) is 0 Å². The fraction of sp³-hybridized carbons (Fsp3) is 0.538. The molecule has 5 heteroatoms. The number of halogens is 3. The van der Waals surface area contributed by atoms with Crippen LogP contribution in [-0.2, 0) is 10.9 Å². The van der Waals surface area contributed by atoms with E-state index in [-0.39, 0.29) is 12.2 Å². The van der Waals surface area contributed by atoms with Crippen LogP contribution in [0.1, 0.15) is 36.5 Å². The van der Waals surface area contributed by atoms with E-state index in [1.807, 2.05) is 0 Å². The zero-order valence-electron chi connectivity index (χ0n) is 9.91. The molecule has 100 valence electrons. The Hall–Kier alpha value is -1.07. The number of nitrogens with two attached hydrogens (primary N) is 1. The van der Waals surface area contributed by atoms with Crippen molar-refractivity contribution in [3.8, 4) is 0 Å². The van der Waals surface area contributed by atoms with E-state index in [1.54, 1.807) is 0 Å². The topological polar surface area (TPSA) is 35.2 Å². The van der Waals surface area contributed by atoms with Crippen LogP contribution in [0.4, 0.5) is 13.2 Å². The molecular weight excluding hydrogens is 243 g/mol. The molecule has 1 heterocycles. The second-order valence-electron chi connectivity index (χ2n) is 4.53. The van der Waals surface area contributed by atoms with E-state index in [2.05, 4.69) is 0 Å². The fourth-order valence-electron chi connectivity index (χ4n) is 2.20. The third-order valence-corrected chi connectivity index (χ3v) is 3.22. The van der Waals surface area contributed by atoms with Crippen molar-refractivity contribution >= 4 is 0 Å². The minimum Gasteiger partial charge on any atom is -0.369 e. The lowest BCUT2D eigenvalue weighted by molar-refractivity contribution is -0.137. The van der Waals surface area contributed by atoms with Crippen molar-refractivity contribution in [2.45, 2.75) is 37.6 Å². The Morgan fingerprint density at radius 1 is 1.17 bits per heavy atom. The van der Waals surface area contributed by atoms with Gasteiger partial charge < -0.3 is 10.5 Å². The van der Waals surface area contributed by atoms with Crippen LogP contribution in [0.2, 0.25) is 0 Å². The quantitative estimate of drug-likeness (QED) is 0.884. The van der Waals surface area contributed by atoms with Crippen LogP contribution in [0.5, 0.6) is 0 Å². The van der Waals surface area contributed by atoms with Crippen LogP contribution in [0.25, 0.3) is 0 Å². The number of benzene rings is 1. The highest BCUT2D eigenvalue weighted by atomic mass is 19.4. The number of rotatable bonds is 2. The summed E-state index contributed by atoms with van der Waals surface area (Å²) in [5.41, 5.74) is 5.72. The van der Waals surface area contributed by atoms with Crippen molar-refractivity contribution in [1.82, 2.24) is 0 Å². The highest BCUT2D eigenvalue weighted by molar-refractivity contribution is 5.26. The average molecular weight is 259 g/mol. The Morgan fingerprint density at radius 3 is 2.39 bits per heavy atom. The molecule has 18 heavy (non-hydrogen) atoms. The summed E-state index contributed by atoms with van der Waals surface area (Å²) in [4.78, 5) is 0. The molecule has 1 aromatic rings. The van der Waals surface area contributed by atoms with Gasteiger partial charge in [0.05, 0.1) is 17.8 Å². The summed E-state index contributed by atoms with van der Waals surface area (Å²) >= 11 is 0. The summed E-state index contributed by atoms with van der Waals surface area (Å²) in [6.07, 6.45) is -1.64. The maximum absolute atomic E-state index is 12.4. The first-order valence-corrected chi connectivity index (χ1v) is 6.03. The van der Waals surface area contributed by atoms with E-state index in [0.29, 0.717) is 6.54 Å². The minimum atomic E-state index is -4.29. The Kier molecular flexibility index (Phi) is 3.92. The van der Waals surface area contributed by atoms with E-state index in [1.165, 1.54) is 12.1 Å². The van der Waals surface area contributed by atoms with Crippen molar-refractivity contribution < 1.29 is 17.9 Å². The average Bonchev–Trinajstić information content (AvgIpc) is 2.38. The number of hydrogen-bond donors (Lipinski definition) is 1. The Balaban J connectivity index is 2.09. The van der Waals surface area contributed by atoms with Gasteiger partial charge in [-0.3, -0.25) is 0 Å². The third-order valence-electron chi connectivity index (χ3n) is 3.22. The van der Waals surface area contributed by atoms with Gasteiger partial charge >= 0.3 is 6.18 Å². The first-order valence-electron chi connectivity index (χ1n) is 6.03. The van der Waals surface area contributed by atoms with Gasteiger partial charge in [-0.05, 0) is 37.0 Å². The largest absolute Gasteiger partial charge is 0.416 e. The van der Waals surface area contributed by atoms with Gasteiger partial charge in [0.2, 0.25) is 0 Å². The lowest BCUT2D eigenvalue weighted by atomic mass is 9.97. The highest BCUT2D eigenvalue weighted by Crippen LogP contribution is 2.34. The molecule has 0 radical (unpaired) electrons. The molecule has 0 saturated carbocycles. The molecule has 2 N–H and O–H groups in total. The molecule has 1 aliphatic heterocycles. The van der Waals surface area contributed by atoms with Crippen molar-refractivity contribution in [1.29, 1.82) is 0 Å². The first-order chi connectivity index (χ1) is 8.50. The third kappa shape index (κ3) is 3.03. The zero-order valence-corrected chi connectivity index (χ0v) is 9.91. The van der Waals surface area contributed by atoms with Crippen molar-refractivity contribution in [2.75, 3.05) is 6.54 Å².